The summed E-state index contributed by atoms with van der Waals surface area (Å²) in [6.45, 7) is 1.62. The Bertz CT molecular complexity index is 663. The van der Waals surface area contributed by atoms with Crippen LogP contribution in [-0.4, -0.2) is 14.2 Å². The number of hydrogen-bond acceptors (Lipinski definition) is 4. The Labute approximate surface area is 112 Å². The summed E-state index contributed by atoms with van der Waals surface area (Å²) >= 11 is 0. The Morgan fingerprint density at radius 1 is 1.05 bits per heavy atom. The second kappa shape index (κ2) is 5.32. The van der Waals surface area contributed by atoms with Gasteiger partial charge < -0.3 is 10.5 Å². The summed E-state index contributed by atoms with van der Waals surface area (Å²) in [6.07, 6.45) is 0. The van der Waals surface area contributed by atoms with Gasteiger partial charge in [-0.1, -0.05) is 13.0 Å². The van der Waals surface area contributed by atoms with Gasteiger partial charge in [-0.2, -0.15) is 0 Å². The van der Waals surface area contributed by atoms with Gasteiger partial charge in [0.25, 0.3) is 0 Å². The quantitative estimate of drug-likeness (QED) is 0.872. The number of hydrogen-bond donors (Lipinski definition) is 1. The van der Waals surface area contributed by atoms with E-state index in [9.17, 15) is 8.42 Å². The monoisotopic (exact) mass is 277 g/mol. The van der Waals surface area contributed by atoms with Crippen LogP contribution in [0.3, 0.4) is 0 Å². The van der Waals surface area contributed by atoms with Gasteiger partial charge in [0, 0.05) is 11.8 Å². The van der Waals surface area contributed by atoms with Crippen molar-refractivity contribution in [2.24, 2.45) is 0 Å². The molecule has 0 fully saturated rings. The zero-order valence-electron chi connectivity index (χ0n) is 10.5. The van der Waals surface area contributed by atoms with E-state index in [1.807, 2.05) is 0 Å². The largest absolute Gasteiger partial charge is 0.457 e. The maximum atomic E-state index is 11.7. The summed E-state index contributed by atoms with van der Waals surface area (Å²) in [7, 11) is -3.17. The van der Waals surface area contributed by atoms with E-state index in [1.165, 1.54) is 0 Å². The standard InChI is InChI=1S/C14H15NO3S/c1-2-19(16,17)14-8-6-12(7-9-14)18-13-5-3-4-11(15)10-13/h3-10H,2,15H2,1H3. The Morgan fingerprint density at radius 3 is 2.32 bits per heavy atom. The average molecular weight is 277 g/mol. The van der Waals surface area contributed by atoms with Crippen LogP contribution < -0.4 is 10.5 Å². The van der Waals surface area contributed by atoms with Gasteiger partial charge in [-0.15, -0.1) is 0 Å². The van der Waals surface area contributed by atoms with Gasteiger partial charge in [0.15, 0.2) is 9.84 Å². The molecule has 5 heteroatoms. The van der Waals surface area contributed by atoms with Crippen molar-refractivity contribution in [3.63, 3.8) is 0 Å². The SMILES string of the molecule is CCS(=O)(=O)c1ccc(Oc2cccc(N)c2)cc1. The lowest BCUT2D eigenvalue weighted by atomic mass is 10.3. The van der Waals surface area contributed by atoms with Crippen LogP contribution in [0.1, 0.15) is 6.92 Å². The van der Waals surface area contributed by atoms with Crippen molar-refractivity contribution in [1.29, 1.82) is 0 Å². The Morgan fingerprint density at radius 2 is 1.74 bits per heavy atom. The first-order valence-electron chi connectivity index (χ1n) is 5.87. The van der Waals surface area contributed by atoms with Crippen LogP contribution >= 0.6 is 0 Å². The van der Waals surface area contributed by atoms with Crippen molar-refractivity contribution in [3.8, 4) is 11.5 Å². The summed E-state index contributed by atoms with van der Waals surface area (Å²) in [4.78, 5) is 0.301. The zero-order valence-corrected chi connectivity index (χ0v) is 11.4. The molecule has 2 aromatic carbocycles. The summed E-state index contributed by atoms with van der Waals surface area (Å²) in [5.41, 5.74) is 6.27. The molecule has 0 aliphatic rings. The van der Waals surface area contributed by atoms with Crippen molar-refractivity contribution < 1.29 is 13.2 Å². The lowest BCUT2D eigenvalue weighted by molar-refractivity contribution is 0.482. The van der Waals surface area contributed by atoms with Crippen molar-refractivity contribution in [2.45, 2.75) is 11.8 Å². The van der Waals surface area contributed by atoms with E-state index in [-0.39, 0.29) is 5.75 Å². The fourth-order valence-electron chi connectivity index (χ4n) is 1.60. The minimum atomic E-state index is -3.17. The predicted octanol–water partition coefficient (Wildman–Crippen LogP) is 2.85. The summed E-state index contributed by atoms with van der Waals surface area (Å²) in [5.74, 6) is 1.27. The molecule has 19 heavy (non-hydrogen) atoms. The minimum absolute atomic E-state index is 0.0857. The molecule has 0 saturated carbocycles. The molecule has 0 radical (unpaired) electrons. The van der Waals surface area contributed by atoms with E-state index in [0.29, 0.717) is 22.1 Å². The summed E-state index contributed by atoms with van der Waals surface area (Å²) in [5, 5.41) is 0. The van der Waals surface area contributed by atoms with Crippen molar-refractivity contribution in [2.75, 3.05) is 11.5 Å². The molecule has 2 rings (SSSR count). The molecular weight excluding hydrogens is 262 g/mol. The second-order valence-electron chi connectivity index (χ2n) is 4.05. The Balaban J connectivity index is 2.20. The smallest absolute Gasteiger partial charge is 0.178 e. The fraction of sp³-hybridized carbons (Fsp3) is 0.143. The highest BCUT2D eigenvalue weighted by atomic mass is 32.2. The first-order valence-corrected chi connectivity index (χ1v) is 7.53. The molecule has 0 atom stereocenters. The van der Waals surface area contributed by atoms with Gasteiger partial charge in [-0.25, -0.2) is 8.42 Å². The number of nitrogen functional groups attached to an aromatic ring is 1. The van der Waals surface area contributed by atoms with E-state index < -0.39 is 9.84 Å². The first-order chi connectivity index (χ1) is 9.01. The molecule has 0 saturated heterocycles. The lowest BCUT2D eigenvalue weighted by Crippen LogP contribution is -2.03. The number of benzene rings is 2. The van der Waals surface area contributed by atoms with Crippen LogP contribution in [0.15, 0.2) is 53.4 Å². The normalized spacial score (nSPS) is 11.2. The highest BCUT2D eigenvalue weighted by Crippen LogP contribution is 2.24. The van der Waals surface area contributed by atoms with E-state index in [0.717, 1.165) is 0 Å². The molecule has 2 aromatic rings. The van der Waals surface area contributed by atoms with Crippen LogP contribution in [0.4, 0.5) is 5.69 Å². The average Bonchev–Trinajstić information content (AvgIpc) is 2.39. The molecule has 0 unspecified atom stereocenters. The summed E-state index contributed by atoms with van der Waals surface area (Å²) < 4.78 is 28.9. The number of anilines is 1. The van der Waals surface area contributed by atoms with Crippen LogP contribution in [0.25, 0.3) is 0 Å². The third-order valence-electron chi connectivity index (χ3n) is 2.66. The maximum absolute atomic E-state index is 11.7. The zero-order chi connectivity index (χ0) is 13.9. The first kappa shape index (κ1) is 13.4. The van der Waals surface area contributed by atoms with E-state index in [2.05, 4.69) is 0 Å². The lowest BCUT2D eigenvalue weighted by Gasteiger charge is -2.07. The molecule has 100 valence electrons. The van der Waals surface area contributed by atoms with E-state index in [1.54, 1.807) is 55.5 Å². The molecule has 0 amide bonds. The Kier molecular flexibility index (Phi) is 3.76. The topological polar surface area (TPSA) is 69.4 Å². The summed E-state index contributed by atoms with van der Waals surface area (Å²) in [6, 6.07) is 13.4. The third-order valence-corrected chi connectivity index (χ3v) is 4.41. The maximum Gasteiger partial charge on any atom is 0.178 e. The van der Waals surface area contributed by atoms with Crippen molar-refractivity contribution in [3.05, 3.63) is 48.5 Å². The molecule has 0 aliphatic carbocycles. The van der Waals surface area contributed by atoms with Gasteiger partial charge in [-0.3, -0.25) is 0 Å². The number of nitrogens with two attached hydrogens (primary N) is 1. The van der Waals surface area contributed by atoms with Gasteiger partial charge in [0.2, 0.25) is 0 Å². The molecule has 2 N–H and O–H groups in total. The number of ether oxygens (including phenoxy) is 1. The predicted molar refractivity (Wildman–Crippen MR) is 75.1 cm³/mol. The molecule has 0 aliphatic heterocycles. The highest BCUT2D eigenvalue weighted by Gasteiger charge is 2.11. The third kappa shape index (κ3) is 3.26. The number of rotatable bonds is 4. The highest BCUT2D eigenvalue weighted by molar-refractivity contribution is 7.91. The van der Waals surface area contributed by atoms with Gasteiger partial charge in [0.05, 0.1) is 10.6 Å². The minimum Gasteiger partial charge on any atom is -0.457 e. The molecule has 0 spiro atoms. The van der Waals surface area contributed by atoms with Gasteiger partial charge >= 0.3 is 0 Å². The second-order valence-corrected chi connectivity index (χ2v) is 6.33. The molecular formula is C14H15NO3S. The van der Waals surface area contributed by atoms with Crippen molar-refractivity contribution in [1.82, 2.24) is 0 Å². The Hall–Kier alpha value is -2.01. The van der Waals surface area contributed by atoms with Gasteiger partial charge in [0.1, 0.15) is 11.5 Å². The van der Waals surface area contributed by atoms with E-state index >= 15 is 0 Å². The molecule has 0 heterocycles. The van der Waals surface area contributed by atoms with Gasteiger partial charge in [-0.05, 0) is 36.4 Å². The molecule has 4 nitrogen and oxygen atoms in total. The van der Waals surface area contributed by atoms with Crippen LogP contribution in [0.2, 0.25) is 0 Å². The number of sulfone groups is 1. The van der Waals surface area contributed by atoms with Crippen molar-refractivity contribution >= 4 is 15.5 Å². The van der Waals surface area contributed by atoms with Crippen LogP contribution in [0, 0.1) is 0 Å². The van der Waals surface area contributed by atoms with E-state index in [4.69, 9.17) is 10.5 Å². The van der Waals surface area contributed by atoms with Crippen LogP contribution in [-0.2, 0) is 9.84 Å². The molecule has 0 aromatic heterocycles. The molecule has 0 bridgehead atoms. The van der Waals surface area contributed by atoms with Crippen LogP contribution in [0.5, 0.6) is 11.5 Å². The fourth-order valence-corrected chi connectivity index (χ4v) is 2.48.